The van der Waals surface area contributed by atoms with Crippen molar-refractivity contribution in [3.63, 3.8) is 0 Å². The first kappa shape index (κ1) is 15.5. The Kier molecular flexibility index (Phi) is 4.28. The number of nitrogens with zero attached hydrogens (tertiary/aromatic N) is 1. The van der Waals surface area contributed by atoms with Gasteiger partial charge in [0.1, 0.15) is 11.5 Å². The Hall–Kier alpha value is -2.43. The number of methoxy groups -OCH3 is 1. The molecule has 122 valence electrons. The molecule has 0 radical (unpaired) electrons. The molecule has 1 aromatic carbocycles. The molecular formula is C18H22N2O3. The van der Waals surface area contributed by atoms with Crippen molar-refractivity contribution in [1.29, 1.82) is 0 Å². The van der Waals surface area contributed by atoms with Crippen molar-refractivity contribution in [1.82, 2.24) is 4.90 Å². The van der Waals surface area contributed by atoms with Gasteiger partial charge in [-0.1, -0.05) is 6.92 Å². The van der Waals surface area contributed by atoms with Gasteiger partial charge in [-0.3, -0.25) is 4.79 Å². The van der Waals surface area contributed by atoms with E-state index in [0.717, 1.165) is 25.1 Å². The molecule has 5 nitrogen and oxygen atoms in total. The summed E-state index contributed by atoms with van der Waals surface area (Å²) in [6.07, 6.45) is 2.22. The number of furan rings is 1. The number of rotatable bonds is 3. The van der Waals surface area contributed by atoms with Crippen LogP contribution in [0.2, 0.25) is 0 Å². The van der Waals surface area contributed by atoms with Gasteiger partial charge in [0.2, 0.25) is 0 Å². The summed E-state index contributed by atoms with van der Waals surface area (Å²) in [4.78, 5) is 14.4. The number of benzene rings is 1. The Morgan fingerprint density at radius 1 is 1.35 bits per heavy atom. The van der Waals surface area contributed by atoms with E-state index in [4.69, 9.17) is 14.9 Å². The highest BCUT2D eigenvalue weighted by atomic mass is 16.5. The van der Waals surface area contributed by atoms with E-state index < -0.39 is 0 Å². The summed E-state index contributed by atoms with van der Waals surface area (Å²) in [5, 5.41) is 0. The molecule has 1 aliphatic rings. The second-order valence-corrected chi connectivity index (χ2v) is 6.12. The third kappa shape index (κ3) is 3.18. The molecule has 23 heavy (non-hydrogen) atoms. The molecule has 1 fully saturated rings. The van der Waals surface area contributed by atoms with E-state index in [9.17, 15) is 4.79 Å². The summed E-state index contributed by atoms with van der Waals surface area (Å²) in [5.74, 6) is 2.15. The van der Waals surface area contributed by atoms with Gasteiger partial charge in [0.25, 0.3) is 5.91 Å². The van der Waals surface area contributed by atoms with Crippen molar-refractivity contribution in [2.75, 3.05) is 25.9 Å². The number of hydrogen-bond acceptors (Lipinski definition) is 4. The van der Waals surface area contributed by atoms with Crippen molar-refractivity contribution >= 4 is 11.6 Å². The van der Waals surface area contributed by atoms with Crippen LogP contribution < -0.4 is 10.5 Å². The number of anilines is 1. The van der Waals surface area contributed by atoms with E-state index in [1.807, 2.05) is 17.0 Å². The maximum absolute atomic E-state index is 12.6. The zero-order chi connectivity index (χ0) is 16.4. The topological polar surface area (TPSA) is 68.7 Å². The van der Waals surface area contributed by atoms with Gasteiger partial charge in [-0.25, -0.2) is 0 Å². The van der Waals surface area contributed by atoms with Crippen LogP contribution in [-0.4, -0.2) is 31.0 Å². The minimum Gasteiger partial charge on any atom is -0.497 e. The highest BCUT2D eigenvalue weighted by Crippen LogP contribution is 2.31. The fraction of sp³-hybridized carbons (Fsp3) is 0.389. The first-order chi connectivity index (χ1) is 11.1. The van der Waals surface area contributed by atoms with E-state index in [0.29, 0.717) is 28.9 Å². The van der Waals surface area contributed by atoms with Crippen molar-refractivity contribution in [3.05, 3.63) is 36.1 Å². The number of amides is 1. The Morgan fingerprint density at radius 2 is 2.17 bits per heavy atom. The van der Waals surface area contributed by atoms with Crippen LogP contribution in [0.5, 0.6) is 5.75 Å². The van der Waals surface area contributed by atoms with Crippen LogP contribution in [0.25, 0.3) is 11.3 Å². The van der Waals surface area contributed by atoms with Gasteiger partial charge in [0.05, 0.1) is 7.11 Å². The van der Waals surface area contributed by atoms with E-state index >= 15 is 0 Å². The molecule has 1 atom stereocenters. The van der Waals surface area contributed by atoms with Crippen LogP contribution in [0.4, 0.5) is 5.69 Å². The molecule has 5 heteroatoms. The number of carbonyl (C=O) groups is 1. The number of ether oxygens (including phenoxy) is 1. The maximum Gasteiger partial charge on any atom is 0.289 e. The number of carbonyl (C=O) groups excluding carboxylic acids is 1. The second-order valence-electron chi connectivity index (χ2n) is 6.12. The van der Waals surface area contributed by atoms with Crippen molar-refractivity contribution in [3.8, 4) is 17.1 Å². The number of nitrogens with two attached hydrogens (primary N) is 1. The molecule has 0 unspecified atom stereocenters. The van der Waals surface area contributed by atoms with Crippen LogP contribution >= 0.6 is 0 Å². The highest BCUT2D eigenvalue weighted by Gasteiger charge is 2.24. The normalized spacial score (nSPS) is 18.0. The summed E-state index contributed by atoms with van der Waals surface area (Å²) >= 11 is 0. The van der Waals surface area contributed by atoms with E-state index in [1.165, 1.54) is 6.42 Å². The minimum atomic E-state index is -0.0464. The van der Waals surface area contributed by atoms with E-state index in [1.54, 1.807) is 25.3 Å². The zero-order valence-electron chi connectivity index (χ0n) is 13.5. The Labute approximate surface area is 136 Å². The van der Waals surface area contributed by atoms with Crippen molar-refractivity contribution < 1.29 is 13.9 Å². The molecule has 3 rings (SSSR count). The van der Waals surface area contributed by atoms with Crippen LogP contribution in [0.15, 0.2) is 34.7 Å². The summed E-state index contributed by atoms with van der Waals surface area (Å²) in [5.41, 5.74) is 7.36. The van der Waals surface area contributed by atoms with Crippen LogP contribution in [-0.2, 0) is 0 Å². The van der Waals surface area contributed by atoms with Gasteiger partial charge in [-0.15, -0.1) is 0 Å². The monoisotopic (exact) mass is 314 g/mol. The standard InChI is InChI=1S/C18H22N2O3/c1-12-4-3-9-20(11-12)18(21)17-8-7-16(23-17)14-6-5-13(22-2)10-15(14)19/h5-8,10,12H,3-4,9,11,19H2,1-2H3/t12-/m1/s1. The van der Waals surface area contributed by atoms with Gasteiger partial charge in [0.15, 0.2) is 5.76 Å². The largest absolute Gasteiger partial charge is 0.497 e. The first-order valence-corrected chi connectivity index (χ1v) is 7.91. The number of hydrogen-bond donors (Lipinski definition) is 1. The Morgan fingerprint density at radius 3 is 2.87 bits per heavy atom. The Balaban J connectivity index is 1.81. The van der Waals surface area contributed by atoms with Crippen LogP contribution in [0, 0.1) is 5.92 Å². The highest BCUT2D eigenvalue weighted by molar-refractivity contribution is 5.92. The number of nitrogen functional groups attached to an aromatic ring is 1. The SMILES string of the molecule is COc1ccc(-c2ccc(C(=O)N3CCC[C@@H](C)C3)o2)c(N)c1. The second kappa shape index (κ2) is 6.36. The molecule has 1 amide bonds. The van der Waals surface area contributed by atoms with Crippen molar-refractivity contribution in [2.45, 2.75) is 19.8 Å². The lowest BCUT2D eigenvalue weighted by Crippen LogP contribution is -2.38. The van der Waals surface area contributed by atoms with Crippen LogP contribution in [0.3, 0.4) is 0 Å². The maximum atomic E-state index is 12.6. The summed E-state index contributed by atoms with van der Waals surface area (Å²) in [6.45, 7) is 3.76. The Bertz CT molecular complexity index is 708. The molecule has 2 aromatic rings. The molecule has 1 aliphatic heterocycles. The molecule has 0 aliphatic carbocycles. The molecule has 2 N–H and O–H groups in total. The van der Waals surface area contributed by atoms with Crippen LogP contribution in [0.1, 0.15) is 30.3 Å². The smallest absolute Gasteiger partial charge is 0.289 e. The molecule has 0 bridgehead atoms. The van der Waals surface area contributed by atoms with Gasteiger partial charge < -0.3 is 19.8 Å². The summed E-state index contributed by atoms with van der Waals surface area (Å²) in [6, 6.07) is 8.91. The number of piperidine rings is 1. The summed E-state index contributed by atoms with van der Waals surface area (Å²) < 4.78 is 10.9. The molecule has 0 saturated carbocycles. The fourth-order valence-electron chi connectivity index (χ4n) is 3.02. The predicted molar refractivity (Wildman–Crippen MR) is 89.4 cm³/mol. The van der Waals surface area contributed by atoms with E-state index in [2.05, 4.69) is 6.92 Å². The molecule has 1 aromatic heterocycles. The molecule has 2 heterocycles. The minimum absolute atomic E-state index is 0.0464. The zero-order valence-corrected chi connectivity index (χ0v) is 13.5. The lowest BCUT2D eigenvalue weighted by molar-refractivity contribution is 0.0652. The molecule has 1 saturated heterocycles. The quantitative estimate of drug-likeness (QED) is 0.882. The fourth-order valence-corrected chi connectivity index (χ4v) is 3.02. The average molecular weight is 314 g/mol. The average Bonchev–Trinajstić information content (AvgIpc) is 3.03. The molecule has 0 spiro atoms. The van der Waals surface area contributed by atoms with E-state index in [-0.39, 0.29) is 5.91 Å². The third-order valence-electron chi connectivity index (χ3n) is 4.29. The molecular weight excluding hydrogens is 292 g/mol. The van der Waals surface area contributed by atoms with Crippen molar-refractivity contribution in [2.24, 2.45) is 5.92 Å². The van der Waals surface area contributed by atoms with Gasteiger partial charge in [0, 0.05) is 30.4 Å². The third-order valence-corrected chi connectivity index (χ3v) is 4.29. The van der Waals surface area contributed by atoms with Gasteiger partial charge >= 0.3 is 0 Å². The lowest BCUT2D eigenvalue weighted by Gasteiger charge is -2.30. The van der Waals surface area contributed by atoms with Gasteiger partial charge in [-0.2, -0.15) is 0 Å². The predicted octanol–water partition coefficient (Wildman–Crippen LogP) is 3.41. The summed E-state index contributed by atoms with van der Waals surface area (Å²) in [7, 11) is 1.59. The first-order valence-electron chi connectivity index (χ1n) is 7.91. The lowest BCUT2D eigenvalue weighted by atomic mass is 10.0. The number of likely N-dealkylation sites (tertiary alicyclic amines) is 1. The van der Waals surface area contributed by atoms with Gasteiger partial charge in [-0.05, 0) is 43.0 Å².